The summed E-state index contributed by atoms with van der Waals surface area (Å²) in [4.78, 5) is 23.6. The third kappa shape index (κ3) is 4.85. The first-order valence-electron chi connectivity index (χ1n) is 10.1. The Morgan fingerprint density at radius 2 is 1.97 bits per heavy atom. The molecule has 0 unspecified atom stereocenters. The summed E-state index contributed by atoms with van der Waals surface area (Å²) in [7, 11) is -3.45. The molecule has 0 radical (unpaired) electrons. The summed E-state index contributed by atoms with van der Waals surface area (Å²) in [6.07, 6.45) is 3.99. The lowest BCUT2D eigenvalue weighted by Gasteiger charge is -2.24. The van der Waals surface area contributed by atoms with E-state index >= 15 is 0 Å². The molecule has 1 fully saturated rings. The predicted molar refractivity (Wildman–Crippen MR) is 118 cm³/mol. The normalized spacial score (nSPS) is 16.5. The molecule has 1 aromatic carbocycles. The number of sulfone groups is 1. The average molecular weight is 461 g/mol. The Kier molecular flexibility index (Phi) is 5.81. The van der Waals surface area contributed by atoms with Crippen molar-refractivity contribution in [2.45, 2.75) is 30.1 Å². The Balaban J connectivity index is 1.72. The molecule has 1 aliphatic rings. The van der Waals surface area contributed by atoms with E-state index in [1.165, 1.54) is 18.2 Å². The number of carbonyl (C=O) groups is 1. The van der Waals surface area contributed by atoms with Crippen molar-refractivity contribution < 1.29 is 22.0 Å². The van der Waals surface area contributed by atoms with Gasteiger partial charge in [-0.2, -0.15) is 0 Å². The Morgan fingerprint density at radius 1 is 1.16 bits per heavy atom. The number of aromatic nitrogens is 2. The smallest absolute Gasteiger partial charge is 0.259 e. The van der Waals surface area contributed by atoms with Crippen molar-refractivity contribution in [1.82, 2.24) is 9.97 Å². The molecule has 0 bridgehead atoms. The number of hydrogen-bond donors (Lipinski definition) is 1. The zero-order chi connectivity index (χ0) is 22.9. The highest BCUT2D eigenvalue weighted by Gasteiger charge is 2.33. The number of halogens is 2. The van der Waals surface area contributed by atoms with Crippen LogP contribution in [0.5, 0.6) is 0 Å². The molecule has 10 heteroatoms. The fourth-order valence-electron chi connectivity index (χ4n) is 3.69. The molecule has 0 saturated carbocycles. The summed E-state index contributed by atoms with van der Waals surface area (Å²) in [5.41, 5.74) is 1.11. The van der Waals surface area contributed by atoms with Crippen LogP contribution in [0.3, 0.4) is 0 Å². The minimum atomic E-state index is -3.45. The quantitative estimate of drug-likeness (QED) is 0.635. The molecule has 168 valence electrons. The van der Waals surface area contributed by atoms with Crippen molar-refractivity contribution in [2.75, 3.05) is 29.6 Å². The van der Waals surface area contributed by atoms with Gasteiger partial charge in [-0.05, 0) is 36.8 Å². The lowest BCUT2D eigenvalue weighted by molar-refractivity contribution is -0.0102. The highest BCUT2D eigenvalue weighted by Crippen LogP contribution is 2.32. The number of pyridine rings is 2. The van der Waals surface area contributed by atoms with Crippen molar-refractivity contribution in [2.24, 2.45) is 0 Å². The molecule has 1 N–H and O–H groups in total. The minimum Gasteiger partial charge on any atom is -0.356 e. The van der Waals surface area contributed by atoms with Crippen LogP contribution in [-0.4, -0.2) is 49.6 Å². The van der Waals surface area contributed by atoms with Gasteiger partial charge in [-0.15, -0.1) is 0 Å². The second kappa shape index (κ2) is 8.42. The van der Waals surface area contributed by atoms with Gasteiger partial charge in [0.05, 0.1) is 16.0 Å². The fraction of sp³-hybridized carbons (Fsp3) is 0.318. The van der Waals surface area contributed by atoms with Crippen molar-refractivity contribution in [3.05, 3.63) is 54.4 Å². The van der Waals surface area contributed by atoms with Crippen molar-refractivity contribution in [3.63, 3.8) is 0 Å². The maximum absolute atomic E-state index is 13.9. The van der Waals surface area contributed by atoms with E-state index in [4.69, 9.17) is 0 Å². The standard InChI is InChI=1S/C22H22F2N4O3S/c1-32(30,31)17-5-2-4-16(13-17)26-21(29)18-12-15-14-25-9-6-19(15)27-20(18)28-10-3-7-22(23,24)8-11-28/h2,4-6,9,12-14H,3,7-8,10-11H2,1H3,(H,26,29). The number of hydrogen-bond acceptors (Lipinski definition) is 6. The van der Waals surface area contributed by atoms with Gasteiger partial charge in [-0.3, -0.25) is 9.78 Å². The van der Waals surface area contributed by atoms with Gasteiger partial charge < -0.3 is 10.2 Å². The highest BCUT2D eigenvalue weighted by atomic mass is 32.2. The number of fused-ring (bicyclic) bond motifs is 1. The third-order valence-corrected chi connectivity index (χ3v) is 6.49. The topological polar surface area (TPSA) is 92.3 Å². The van der Waals surface area contributed by atoms with Crippen LogP contribution in [0.4, 0.5) is 20.3 Å². The van der Waals surface area contributed by atoms with Gasteiger partial charge in [0.1, 0.15) is 5.82 Å². The van der Waals surface area contributed by atoms with E-state index in [2.05, 4.69) is 15.3 Å². The SMILES string of the molecule is CS(=O)(=O)c1cccc(NC(=O)c2cc3cnccc3nc2N2CCCC(F)(F)CC2)c1. The summed E-state index contributed by atoms with van der Waals surface area (Å²) in [5.74, 6) is -2.94. The van der Waals surface area contributed by atoms with Gasteiger partial charge >= 0.3 is 0 Å². The van der Waals surface area contributed by atoms with E-state index in [-0.39, 0.29) is 36.3 Å². The Labute approximate surface area is 184 Å². The molecule has 7 nitrogen and oxygen atoms in total. The molecular weight excluding hydrogens is 438 g/mol. The Hall–Kier alpha value is -3.14. The van der Waals surface area contributed by atoms with Gasteiger partial charge in [-0.25, -0.2) is 22.2 Å². The number of alkyl halides is 2. The first kappa shape index (κ1) is 22.1. The third-order valence-electron chi connectivity index (χ3n) is 5.38. The van der Waals surface area contributed by atoms with Crippen LogP contribution in [0, 0.1) is 0 Å². The summed E-state index contributed by atoms with van der Waals surface area (Å²) in [6, 6.07) is 9.25. The molecule has 3 aromatic rings. The lowest BCUT2D eigenvalue weighted by Crippen LogP contribution is -2.29. The maximum Gasteiger partial charge on any atom is 0.259 e. The fourth-order valence-corrected chi connectivity index (χ4v) is 4.36. The summed E-state index contributed by atoms with van der Waals surface area (Å²) in [6.45, 7) is 0.420. The molecule has 1 aliphatic heterocycles. The van der Waals surface area contributed by atoms with Crippen LogP contribution in [0.25, 0.3) is 10.9 Å². The predicted octanol–water partition coefficient (Wildman–Crippen LogP) is 3.91. The van der Waals surface area contributed by atoms with E-state index in [1.54, 1.807) is 35.5 Å². The Bertz CT molecular complexity index is 1280. The van der Waals surface area contributed by atoms with E-state index in [0.29, 0.717) is 29.0 Å². The average Bonchev–Trinajstić information content (AvgIpc) is 2.92. The summed E-state index contributed by atoms with van der Waals surface area (Å²) in [5, 5.41) is 3.34. The second-order valence-electron chi connectivity index (χ2n) is 7.88. The molecule has 0 spiro atoms. The molecule has 0 aliphatic carbocycles. The molecule has 1 saturated heterocycles. The highest BCUT2D eigenvalue weighted by molar-refractivity contribution is 7.90. The van der Waals surface area contributed by atoms with E-state index in [0.717, 1.165) is 6.26 Å². The van der Waals surface area contributed by atoms with Crippen LogP contribution < -0.4 is 10.2 Å². The summed E-state index contributed by atoms with van der Waals surface area (Å²) < 4.78 is 51.5. The van der Waals surface area contributed by atoms with E-state index < -0.39 is 21.7 Å². The number of rotatable bonds is 4. The molecule has 0 atom stereocenters. The lowest BCUT2D eigenvalue weighted by atomic mass is 10.1. The molecule has 4 rings (SSSR count). The zero-order valence-electron chi connectivity index (χ0n) is 17.4. The van der Waals surface area contributed by atoms with Crippen LogP contribution in [0.2, 0.25) is 0 Å². The van der Waals surface area contributed by atoms with E-state index in [1.807, 2.05) is 0 Å². The number of amides is 1. The number of nitrogens with zero attached hydrogens (tertiary/aromatic N) is 3. The van der Waals surface area contributed by atoms with Crippen LogP contribution in [0.1, 0.15) is 29.6 Å². The van der Waals surface area contributed by atoms with E-state index in [9.17, 15) is 22.0 Å². The zero-order valence-corrected chi connectivity index (χ0v) is 18.2. The molecular formula is C22H22F2N4O3S. The van der Waals surface area contributed by atoms with Gasteiger partial charge in [0, 0.05) is 55.7 Å². The molecule has 3 heterocycles. The number of anilines is 2. The molecule has 1 amide bonds. The molecule has 32 heavy (non-hydrogen) atoms. The number of nitrogens with one attached hydrogen (secondary N) is 1. The minimum absolute atomic E-state index is 0.0699. The van der Waals surface area contributed by atoms with Crippen molar-refractivity contribution in [1.29, 1.82) is 0 Å². The van der Waals surface area contributed by atoms with Crippen LogP contribution in [0.15, 0.2) is 53.7 Å². The van der Waals surface area contributed by atoms with Crippen molar-refractivity contribution in [3.8, 4) is 0 Å². The summed E-state index contributed by atoms with van der Waals surface area (Å²) >= 11 is 0. The van der Waals surface area contributed by atoms with Gasteiger partial charge in [0.2, 0.25) is 5.92 Å². The first-order valence-corrected chi connectivity index (χ1v) is 12.0. The number of carbonyl (C=O) groups excluding carboxylic acids is 1. The molecule has 2 aromatic heterocycles. The Morgan fingerprint density at radius 3 is 2.75 bits per heavy atom. The van der Waals surface area contributed by atoms with Crippen LogP contribution in [-0.2, 0) is 9.84 Å². The van der Waals surface area contributed by atoms with Crippen LogP contribution >= 0.6 is 0 Å². The first-order chi connectivity index (χ1) is 15.1. The monoisotopic (exact) mass is 460 g/mol. The van der Waals surface area contributed by atoms with Gasteiger partial charge in [-0.1, -0.05) is 6.07 Å². The largest absolute Gasteiger partial charge is 0.356 e. The second-order valence-corrected chi connectivity index (χ2v) is 9.89. The van der Waals surface area contributed by atoms with Gasteiger partial charge in [0.25, 0.3) is 5.91 Å². The van der Waals surface area contributed by atoms with Gasteiger partial charge in [0.15, 0.2) is 9.84 Å². The van der Waals surface area contributed by atoms with Crippen molar-refractivity contribution >= 4 is 38.2 Å². The maximum atomic E-state index is 13.9. The number of benzene rings is 1.